The van der Waals surface area contributed by atoms with Crippen LogP contribution in [0.25, 0.3) is 0 Å². The topological polar surface area (TPSA) is 55.1 Å². The molecule has 1 atom stereocenters. The lowest BCUT2D eigenvalue weighted by molar-refractivity contribution is -0.122. The predicted octanol–water partition coefficient (Wildman–Crippen LogP) is 2.39. The number of hydrogen-bond acceptors (Lipinski definition) is 2. The van der Waals surface area contributed by atoms with Gasteiger partial charge >= 0.3 is 0 Å². The van der Waals surface area contributed by atoms with Gasteiger partial charge in [-0.3, -0.25) is 4.79 Å². The summed E-state index contributed by atoms with van der Waals surface area (Å²) in [5.74, 6) is -0.127. The van der Waals surface area contributed by atoms with E-state index >= 15 is 0 Å². The normalized spacial score (nSPS) is 12.2. The second-order valence-corrected chi connectivity index (χ2v) is 4.64. The van der Waals surface area contributed by atoms with E-state index in [1.165, 1.54) is 0 Å². The first-order valence-corrected chi connectivity index (χ1v) is 6.27. The second kappa shape index (κ2) is 6.84. The van der Waals surface area contributed by atoms with Crippen molar-refractivity contribution in [1.82, 2.24) is 5.32 Å². The SMILES string of the molecule is CC[C@@H](N)C(=O)NCCc1ccc(Cl)cc1Cl. The Morgan fingerprint density at radius 3 is 2.76 bits per heavy atom. The fraction of sp³-hybridized carbons (Fsp3) is 0.417. The number of rotatable bonds is 5. The summed E-state index contributed by atoms with van der Waals surface area (Å²) in [7, 11) is 0. The molecule has 0 aliphatic carbocycles. The molecule has 0 saturated carbocycles. The predicted molar refractivity (Wildman–Crippen MR) is 71.4 cm³/mol. The zero-order valence-corrected chi connectivity index (χ0v) is 11.2. The van der Waals surface area contributed by atoms with Gasteiger partial charge in [0.15, 0.2) is 0 Å². The summed E-state index contributed by atoms with van der Waals surface area (Å²) < 4.78 is 0. The molecule has 94 valence electrons. The van der Waals surface area contributed by atoms with Gasteiger partial charge in [-0.2, -0.15) is 0 Å². The molecular formula is C12H16Cl2N2O. The summed E-state index contributed by atoms with van der Waals surface area (Å²) in [4.78, 5) is 11.4. The fourth-order valence-corrected chi connectivity index (χ4v) is 1.86. The first-order valence-electron chi connectivity index (χ1n) is 5.51. The van der Waals surface area contributed by atoms with Crippen molar-refractivity contribution in [3.8, 4) is 0 Å². The number of nitrogens with two attached hydrogens (primary N) is 1. The van der Waals surface area contributed by atoms with Crippen LogP contribution in [0, 0.1) is 0 Å². The first kappa shape index (κ1) is 14.3. The highest BCUT2D eigenvalue weighted by atomic mass is 35.5. The van der Waals surface area contributed by atoms with Crippen molar-refractivity contribution in [2.45, 2.75) is 25.8 Å². The Kier molecular flexibility index (Phi) is 5.75. The van der Waals surface area contributed by atoms with Crippen LogP contribution >= 0.6 is 23.2 Å². The minimum Gasteiger partial charge on any atom is -0.354 e. The van der Waals surface area contributed by atoms with Crippen LogP contribution in [0.5, 0.6) is 0 Å². The monoisotopic (exact) mass is 274 g/mol. The van der Waals surface area contributed by atoms with Crippen molar-refractivity contribution < 1.29 is 4.79 Å². The Hall–Kier alpha value is -0.770. The molecule has 0 radical (unpaired) electrons. The van der Waals surface area contributed by atoms with Crippen molar-refractivity contribution in [2.24, 2.45) is 5.73 Å². The summed E-state index contributed by atoms with van der Waals surface area (Å²) in [5, 5.41) is 3.99. The van der Waals surface area contributed by atoms with Gasteiger partial charge in [-0.1, -0.05) is 36.2 Å². The van der Waals surface area contributed by atoms with E-state index in [0.29, 0.717) is 29.4 Å². The van der Waals surface area contributed by atoms with Gasteiger partial charge in [0.2, 0.25) is 5.91 Å². The van der Waals surface area contributed by atoms with Crippen molar-refractivity contribution >= 4 is 29.1 Å². The van der Waals surface area contributed by atoms with E-state index in [4.69, 9.17) is 28.9 Å². The lowest BCUT2D eigenvalue weighted by atomic mass is 10.1. The number of halogens is 2. The molecule has 1 aromatic rings. The molecule has 17 heavy (non-hydrogen) atoms. The van der Waals surface area contributed by atoms with Crippen LogP contribution in [0.2, 0.25) is 10.0 Å². The zero-order chi connectivity index (χ0) is 12.8. The van der Waals surface area contributed by atoms with Gasteiger partial charge in [0.1, 0.15) is 0 Å². The summed E-state index contributed by atoms with van der Waals surface area (Å²) in [6.07, 6.45) is 1.30. The van der Waals surface area contributed by atoms with Crippen LogP contribution < -0.4 is 11.1 Å². The molecule has 5 heteroatoms. The molecule has 0 aliphatic heterocycles. The third-order valence-corrected chi connectivity index (χ3v) is 3.07. The Morgan fingerprint density at radius 1 is 1.47 bits per heavy atom. The Balaban J connectivity index is 2.43. The van der Waals surface area contributed by atoms with E-state index in [2.05, 4.69) is 5.32 Å². The first-order chi connectivity index (χ1) is 8.04. The molecule has 0 aliphatic rings. The van der Waals surface area contributed by atoms with E-state index in [9.17, 15) is 4.79 Å². The smallest absolute Gasteiger partial charge is 0.236 e. The minimum atomic E-state index is -0.435. The van der Waals surface area contributed by atoms with Gasteiger partial charge in [-0.05, 0) is 30.5 Å². The summed E-state index contributed by atoms with van der Waals surface area (Å²) >= 11 is 11.8. The van der Waals surface area contributed by atoms with Crippen LogP contribution in [0.3, 0.4) is 0 Å². The van der Waals surface area contributed by atoms with Gasteiger partial charge in [-0.25, -0.2) is 0 Å². The molecule has 3 N–H and O–H groups in total. The molecule has 3 nitrogen and oxygen atoms in total. The van der Waals surface area contributed by atoms with Gasteiger partial charge in [0.05, 0.1) is 6.04 Å². The Morgan fingerprint density at radius 2 is 2.18 bits per heavy atom. The summed E-state index contributed by atoms with van der Waals surface area (Å²) in [6.45, 7) is 2.40. The molecule has 0 unspecified atom stereocenters. The standard InChI is InChI=1S/C12H16Cl2N2O/c1-2-11(15)12(17)16-6-5-8-3-4-9(13)7-10(8)14/h3-4,7,11H,2,5-6,15H2,1H3,(H,16,17)/t11-/m1/s1. The lowest BCUT2D eigenvalue weighted by Crippen LogP contribution is -2.40. The number of carbonyl (C=O) groups excluding carboxylic acids is 1. The van der Waals surface area contributed by atoms with E-state index in [-0.39, 0.29) is 5.91 Å². The van der Waals surface area contributed by atoms with Crippen LogP contribution in [0.15, 0.2) is 18.2 Å². The number of benzene rings is 1. The quantitative estimate of drug-likeness (QED) is 0.866. The lowest BCUT2D eigenvalue weighted by Gasteiger charge is -2.10. The van der Waals surface area contributed by atoms with Gasteiger partial charge in [0, 0.05) is 16.6 Å². The maximum atomic E-state index is 11.4. The minimum absolute atomic E-state index is 0.127. The highest BCUT2D eigenvalue weighted by Gasteiger charge is 2.10. The van der Waals surface area contributed by atoms with Crippen molar-refractivity contribution in [3.63, 3.8) is 0 Å². The fourth-order valence-electron chi connectivity index (χ4n) is 1.36. The van der Waals surface area contributed by atoms with E-state index in [1.54, 1.807) is 12.1 Å². The van der Waals surface area contributed by atoms with E-state index < -0.39 is 6.04 Å². The Labute approximate surface area is 111 Å². The third-order valence-electron chi connectivity index (χ3n) is 2.49. The highest BCUT2D eigenvalue weighted by Crippen LogP contribution is 2.20. The summed E-state index contributed by atoms with van der Waals surface area (Å²) in [6, 6.07) is 4.90. The molecule has 0 saturated heterocycles. The average molecular weight is 275 g/mol. The molecule has 1 amide bonds. The van der Waals surface area contributed by atoms with Crippen LogP contribution in [0.4, 0.5) is 0 Å². The van der Waals surface area contributed by atoms with Crippen molar-refractivity contribution in [3.05, 3.63) is 33.8 Å². The zero-order valence-electron chi connectivity index (χ0n) is 9.67. The molecule has 0 aromatic heterocycles. The number of hydrogen-bond donors (Lipinski definition) is 2. The summed E-state index contributed by atoms with van der Waals surface area (Å²) in [5.41, 5.74) is 6.55. The van der Waals surface area contributed by atoms with Crippen LogP contribution in [-0.2, 0) is 11.2 Å². The molecule has 0 heterocycles. The molecule has 0 spiro atoms. The molecule has 1 aromatic carbocycles. The number of nitrogens with one attached hydrogen (secondary N) is 1. The second-order valence-electron chi connectivity index (χ2n) is 3.79. The maximum absolute atomic E-state index is 11.4. The van der Waals surface area contributed by atoms with Gasteiger partial charge in [-0.15, -0.1) is 0 Å². The molecule has 0 bridgehead atoms. The molecular weight excluding hydrogens is 259 g/mol. The number of carbonyl (C=O) groups is 1. The maximum Gasteiger partial charge on any atom is 0.236 e. The van der Waals surface area contributed by atoms with Crippen LogP contribution in [-0.4, -0.2) is 18.5 Å². The van der Waals surface area contributed by atoms with Crippen molar-refractivity contribution in [1.29, 1.82) is 0 Å². The molecule has 0 fully saturated rings. The van der Waals surface area contributed by atoms with Crippen LogP contribution in [0.1, 0.15) is 18.9 Å². The Bertz CT molecular complexity index is 396. The number of amides is 1. The largest absolute Gasteiger partial charge is 0.354 e. The van der Waals surface area contributed by atoms with Crippen molar-refractivity contribution in [2.75, 3.05) is 6.54 Å². The van der Waals surface area contributed by atoms with Gasteiger partial charge in [0.25, 0.3) is 0 Å². The molecule has 1 rings (SSSR count). The highest BCUT2D eigenvalue weighted by molar-refractivity contribution is 6.35. The average Bonchev–Trinajstić information content (AvgIpc) is 2.30. The van der Waals surface area contributed by atoms with E-state index in [1.807, 2.05) is 13.0 Å². The van der Waals surface area contributed by atoms with Gasteiger partial charge < -0.3 is 11.1 Å². The third kappa shape index (κ3) is 4.54. The van der Waals surface area contributed by atoms with E-state index in [0.717, 1.165) is 5.56 Å².